The number of aryl methyl sites for hydroxylation is 1. The SMILES string of the molecule is Cc1ccc(F)cc1NC(=O)c1cc(F)c(NC(=O)N2CCCCC2=N)cc1OC(C)C1CCCCC1. The molecule has 1 saturated heterocycles. The average molecular weight is 513 g/mol. The third-order valence-corrected chi connectivity index (χ3v) is 7.25. The van der Waals surface area contributed by atoms with Crippen molar-refractivity contribution in [3.05, 3.63) is 53.1 Å². The van der Waals surface area contributed by atoms with Crippen LogP contribution in [0, 0.1) is 29.9 Å². The third-order valence-electron chi connectivity index (χ3n) is 7.25. The molecule has 1 aliphatic carbocycles. The van der Waals surface area contributed by atoms with Crippen molar-refractivity contribution in [2.24, 2.45) is 5.92 Å². The molecule has 9 heteroatoms. The molecule has 3 amide bonds. The van der Waals surface area contributed by atoms with Crippen LogP contribution in [0.5, 0.6) is 5.75 Å². The standard InChI is InChI=1S/C28H34F2N4O3/c1-17-11-12-20(29)14-23(17)32-27(35)21-15-22(30)24(33-28(36)34-13-7-6-10-26(34)31)16-25(21)37-18(2)19-8-4-3-5-9-19/h11-12,14-16,18-19,31H,3-10,13H2,1-2H3,(H,32,35)(H,33,36). The summed E-state index contributed by atoms with van der Waals surface area (Å²) in [7, 11) is 0. The highest BCUT2D eigenvalue weighted by Gasteiger charge is 2.27. The van der Waals surface area contributed by atoms with Crippen LogP contribution >= 0.6 is 0 Å². The van der Waals surface area contributed by atoms with Gasteiger partial charge in [-0.3, -0.25) is 15.1 Å². The van der Waals surface area contributed by atoms with Crippen molar-refractivity contribution in [1.29, 1.82) is 5.41 Å². The normalized spacial score (nSPS) is 17.3. The molecule has 2 aliphatic rings. The van der Waals surface area contributed by atoms with E-state index >= 15 is 4.39 Å². The highest BCUT2D eigenvalue weighted by molar-refractivity contribution is 6.07. The summed E-state index contributed by atoms with van der Waals surface area (Å²) in [4.78, 5) is 27.3. The quantitative estimate of drug-likeness (QED) is 0.394. The zero-order valence-corrected chi connectivity index (χ0v) is 21.3. The Labute approximate surface area is 216 Å². The van der Waals surface area contributed by atoms with Gasteiger partial charge in [0.05, 0.1) is 17.4 Å². The number of anilines is 2. The molecule has 2 fully saturated rings. The van der Waals surface area contributed by atoms with Crippen molar-refractivity contribution in [2.45, 2.75) is 71.3 Å². The first-order valence-electron chi connectivity index (χ1n) is 13.0. The fraction of sp³-hybridized carbons (Fsp3) is 0.464. The van der Waals surface area contributed by atoms with Crippen LogP contribution < -0.4 is 15.4 Å². The van der Waals surface area contributed by atoms with Gasteiger partial charge in [-0.1, -0.05) is 25.3 Å². The zero-order valence-electron chi connectivity index (χ0n) is 21.3. The second kappa shape index (κ2) is 11.7. The van der Waals surface area contributed by atoms with Crippen LogP contribution in [0.4, 0.5) is 25.0 Å². The Morgan fingerprint density at radius 1 is 1.03 bits per heavy atom. The monoisotopic (exact) mass is 512 g/mol. The number of nitrogens with one attached hydrogen (secondary N) is 3. The third kappa shape index (κ3) is 6.45. The summed E-state index contributed by atoms with van der Waals surface area (Å²) >= 11 is 0. The summed E-state index contributed by atoms with van der Waals surface area (Å²) in [5.41, 5.74) is 0.749. The molecule has 1 saturated carbocycles. The van der Waals surface area contributed by atoms with Gasteiger partial charge in [0, 0.05) is 24.7 Å². The van der Waals surface area contributed by atoms with E-state index in [2.05, 4.69) is 10.6 Å². The van der Waals surface area contributed by atoms with E-state index in [4.69, 9.17) is 10.1 Å². The highest BCUT2D eigenvalue weighted by Crippen LogP contribution is 2.33. The van der Waals surface area contributed by atoms with Crippen LogP contribution in [0.3, 0.4) is 0 Å². The number of benzene rings is 2. The van der Waals surface area contributed by atoms with E-state index in [1.807, 2.05) is 6.92 Å². The summed E-state index contributed by atoms with van der Waals surface area (Å²) in [5.74, 6) is -1.34. The lowest BCUT2D eigenvalue weighted by Gasteiger charge is -2.29. The molecule has 0 radical (unpaired) electrons. The van der Waals surface area contributed by atoms with Gasteiger partial charge in [0.1, 0.15) is 23.2 Å². The maximum atomic E-state index is 15.2. The van der Waals surface area contributed by atoms with Crippen LogP contribution in [0.1, 0.15) is 74.2 Å². The molecule has 2 aromatic carbocycles. The van der Waals surface area contributed by atoms with Crippen molar-refractivity contribution in [1.82, 2.24) is 4.90 Å². The van der Waals surface area contributed by atoms with Gasteiger partial charge in [-0.05, 0) is 69.2 Å². The van der Waals surface area contributed by atoms with Crippen molar-refractivity contribution in [3.63, 3.8) is 0 Å². The first kappa shape index (κ1) is 26.6. The van der Waals surface area contributed by atoms with Gasteiger partial charge in [-0.2, -0.15) is 0 Å². The number of ether oxygens (including phenoxy) is 1. The summed E-state index contributed by atoms with van der Waals surface area (Å²) < 4.78 is 35.2. The Balaban J connectivity index is 1.63. The van der Waals surface area contributed by atoms with Gasteiger partial charge in [-0.15, -0.1) is 0 Å². The van der Waals surface area contributed by atoms with Crippen LogP contribution in [-0.2, 0) is 0 Å². The molecule has 0 spiro atoms. The zero-order chi connectivity index (χ0) is 26.5. The number of carbonyl (C=O) groups excluding carboxylic acids is 2. The van der Waals surface area contributed by atoms with Gasteiger partial charge < -0.3 is 15.4 Å². The second-order valence-electron chi connectivity index (χ2n) is 9.95. The summed E-state index contributed by atoms with van der Waals surface area (Å²) in [6.45, 7) is 4.06. The van der Waals surface area contributed by atoms with Crippen molar-refractivity contribution >= 4 is 29.1 Å². The number of urea groups is 1. The molecule has 1 heterocycles. The smallest absolute Gasteiger partial charge is 0.327 e. The topological polar surface area (TPSA) is 94.5 Å². The molecule has 3 N–H and O–H groups in total. The Hall–Kier alpha value is -3.49. The minimum absolute atomic E-state index is 0.0486. The first-order chi connectivity index (χ1) is 17.7. The number of carbonyl (C=O) groups is 2. The van der Waals surface area contributed by atoms with E-state index in [-0.39, 0.29) is 34.6 Å². The molecule has 0 bridgehead atoms. The number of likely N-dealkylation sites (tertiary alicyclic amines) is 1. The average Bonchev–Trinajstić information content (AvgIpc) is 2.88. The molecular weight excluding hydrogens is 478 g/mol. The van der Waals surface area contributed by atoms with Gasteiger partial charge in [0.15, 0.2) is 0 Å². The predicted molar refractivity (Wildman–Crippen MR) is 139 cm³/mol. The van der Waals surface area contributed by atoms with E-state index in [0.29, 0.717) is 24.4 Å². The lowest BCUT2D eigenvalue weighted by molar-refractivity contribution is 0.0997. The van der Waals surface area contributed by atoms with Gasteiger partial charge in [0.25, 0.3) is 5.91 Å². The number of hydrogen-bond acceptors (Lipinski definition) is 4. The van der Waals surface area contributed by atoms with Crippen molar-refractivity contribution in [3.8, 4) is 5.75 Å². The Bertz CT molecular complexity index is 1180. The van der Waals surface area contributed by atoms with Gasteiger partial charge >= 0.3 is 6.03 Å². The molecule has 198 valence electrons. The lowest BCUT2D eigenvalue weighted by atomic mass is 9.86. The fourth-order valence-corrected chi connectivity index (χ4v) is 4.98. The first-order valence-corrected chi connectivity index (χ1v) is 13.0. The molecule has 2 aromatic rings. The van der Waals surface area contributed by atoms with Gasteiger partial charge in [0.2, 0.25) is 0 Å². The van der Waals surface area contributed by atoms with E-state index in [0.717, 1.165) is 44.6 Å². The molecule has 37 heavy (non-hydrogen) atoms. The summed E-state index contributed by atoms with van der Waals surface area (Å²) in [6, 6.07) is 5.81. The van der Waals surface area contributed by atoms with Crippen LogP contribution in [0.2, 0.25) is 0 Å². The Morgan fingerprint density at radius 2 is 1.78 bits per heavy atom. The van der Waals surface area contributed by atoms with Crippen LogP contribution in [0.25, 0.3) is 0 Å². The largest absolute Gasteiger partial charge is 0.490 e. The maximum Gasteiger partial charge on any atom is 0.327 e. The molecule has 1 unspecified atom stereocenters. The molecule has 1 atom stereocenters. The van der Waals surface area contributed by atoms with E-state index < -0.39 is 23.6 Å². The minimum Gasteiger partial charge on any atom is -0.490 e. The lowest BCUT2D eigenvalue weighted by Crippen LogP contribution is -2.42. The molecule has 4 rings (SSSR count). The Kier molecular flexibility index (Phi) is 8.41. The fourth-order valence-electron chi connectivity index (χ4n) is 4.98. The number of piperidine rings is 1. The number of amides is 3. The van der Waals surface area contributed by atoms with E-state index in [1.165, 1.54) is 29.5 Å². The van der Waals surface area contributed by atoms with Crippen LogP contribution in [0.15, 0.2) is 30.3 Å². The molecular formula is C28H34F2N4O3. The highest BCUT2D eigenvalue weighted by atomic mass is 19.1. The summed E-state index contributed by atoms with van der Waals surface area (Å²) in [5, 5.41) is 13.2. The van der Waals surface area contributed by atoms with Crippen LogP contribution in [-0.4, -0.2) is 35.3 Å². The number of nitrogens with zero attached hydrogens (tertiary/aromatic N) is 1. The molecule has 7 nitrogen and oxygen atoms in total. The maximum absolute atomic E-state index is 15.2. The van der Waals surface area contributed by atoms with E-state index in [1.54, 1.807) is 13.0 Å². The number of hydrogen-bond donors (Lipinski definition) is 3. The number of rotatable bonds is 6. The van der Waals surface area contributed by atoms with Crippen molar-refractivity contribution < 1.29 is 23.1 Å². The van der Waals surface area contributed by atoms with Gasteiger partial charge in [-0.25, -0.2) is 13.6 Å². The Morgan fingerprint density at radius 3 is 2.51 bits per heavy atom. The predicted octanol–water partition coefficient (Wildman–Crippen LogP) is 6.87. The second-order valence-corrected chi connectivity index (χ2v) is 9.95. The molecule has 0 aromatic heterocycles. The van der Waals surface area contributed by atoms with Crippen molar-refractivity contribution in [2.75, 3.05) is 17.2 Å². The minimum atomic E-state index is -0.810. The summed E-state index contributed by atoms with van der Waals surface area (Å²) in [6.07, 6.45) is 7.28. The van der Waals surface area contributed by atoms with E-state index in [9.17, 15) is 14.0 Å². The number of halogens is 2. The molecule has 1 aliphatic heterocycles. The number of amidine groups is 1.